The van der Waals surface area contributed by atoms with Crippen molar-refractivity contribution in [3.63, 3.8) is 0 Å². The van der Waals surface area contributed by atoms with Gasteiger partial charge in [-0.2, -0.15) is 0 Å². The summed E-state index contributed by atoms with van der Waals surface area (Å²) in [6, 6.07) is 47.0. The van der Waals surface area contributed by atoms with Gasteiger partial charge in [-0.15, -0.1) is 70.8 Å². The van der Waals surface area contributed by atoms with Crippen LogP contribution < -0.4 is 0 Å². The number of rotatable bonds is 4. The third kappa shape index (κ3) is 5.18. The van der Waals surface area contributed by atoms with Crippen LogP contribution in [-0.2, 0) is 37.3 Å². The van der Waals surface area contributed by atoms with Gasteiger partial charge in [0.15, 0.2) is 0 Å². The number of hydrogen-bond acceptors (Lipinski definition) is 2. The maximum absolute atomic E-state index is 4.91. The topological polar surface area (TPSA) is 25.8 Å². The molecule has 4 aromatic carbocycles. The molecule has 0 atom stereocenters. The molecule has 0 fully saturated rings. The largest absolute Gasteiger partial charge is 2.00 e. The minimum atomic E-state index is -0.632. The molecule has 230 valence electrons. The SMILES string of the molecule is CC(C)(C)c1cccnc1-c1[c-]c(C2(c3[c-]c(-c4ncccc4C(C)(C)C)ccc3)c3ccccc3-c3ccccc32)ccc1.[Pt+2]. The molecule has 0 bridgehead atoms. The fourth-order valence-corrected chi connectivity index (χ4v) is 7.06. The van der Waals surface area contributed by atoms with E-state index in [2.05, 4.69) is 151 Å². The summed E-state index contributed by atoms with van der Waals surface area (Å²) in [5.74, 6) is 0. The molecule has 0 spiro atoms. The first-order valence-corrected chi connectivity index (χ1v) is 15.8. The number of aromatic nitrogens is 2. The van der Waals surface area contributed by atoms with E-state index in [0.29, 0.717) is 0 Å². The molecule has 46 heavy (non-hydrogen) atoms. The molecule has 0 saturated carbocycles. The molecule has 0 amide bonds. The standard InChI is InChI=1S/C43H38N2.Pt/c1-41(2,3)37-23-13-25-44-39(37)29-15-11-17-31(27-29)43(35-21-9-7-19-33(35)34-20-8-10-22-36(34)43)32-18-12-16-30(28-32)40-38(42(4,5)6)24-14-26-45-40;/h7-26H,1-6H3;/q-2;+2. The molecule has 0 unspecified atom stereocenters. The van der Waals surface area contributed by atoms with Crippen LogP contribution in [0.3, 0.4) is 0 Å². The molecule has 0 N–H and O–H groups in total. The van der Waals surface area contributed by atoms with Crippen LogP contribution >= 0.6 is 0 Å². The Morgan fingerprint density at radius 3 is 1.30 bits per heavy atom. The number of hydrogen-bond donors (Lipinski definition) is 0. The van der Waals surface area contributed by atoms with Crippen LogP contribution in [0.2, 0.25) is 0 Å². The van der Waals surface area contributed by atoms with Gasteiger partial charge in [-0.1, -0.05) is 113 Å². The van der Waals surface area contributed by atoms with Crippen molar-refractivity contribution in [2.45, 2.75) is 57.8 Å². The summed E-state index contributed by atoms with van der Waals surface area (Å²) in [5.41, 5.74) is 12.7. The summed E-state index contributed by atoms with van der Waals surface area (Å²) < 4.78 is 0. The van der Waals surface area contributed by atoms with Gasteiger partial charge < -0.3 is 9.97 Å². The van der Waals surface area contributed by atoms with Crippen molar-refractivity contribution < 1.29 is 21.1 Å². The Kier molecular flexibility index (Phi) is 8.24. The predicted octanol–water partition coefficient (Wildman–Crippen LogP) is 10.4. The van der Waals surface area contributed by atoms with Crippen molar-refractivity contribution in [3.05, 3.63) is 167 Å². The maximum Gasteiger partial charge on any atom is 2.00 e. The molecule has 2 aromatic heterocycles. The van der Waals surface area contributed by atoms with Gasteiger partial charge in [0, 0.05) is 17.8 Å². The van der Waals surface area contributed by atoms with Crippen molar-refractivity contribution in [3.8, 4) is 33.6 Å². The van der Waals surface area contributed by atoms with Crippen LogP contribution in [0, 0.1) is 12.1 Å². The van der Waals surface area contributed by atoms with Gasteiger partial charge in [0.05, 0.1) is 0 Å². The van der Waals surface area contributed by atoms with E-state index in [1.54, 1.807) is 0 Å². The van der Waals surface area contributed by atoms with Gasteiger partial charge >= 0.3 is 21.1 Å². The third-order valence-corrected chi connectivity index (χ3v) is 9.09. The van der Waals surface area contributed by atoms with Gasteiger partial charge in [0.2, 0.25) is 0 Å². The molecule has 1 aliphatic rings. The Labute approximate surface area is 288 Å². The Hall–Kier alpha value is -4.13. The summed E-state index contributed by atoms with van der Waals surface area (Å²) in [7, 11) is 0. The Bertz CT molecular complexity index is 1900. The van der Waals surface area contributed by atoms with Crippen molar-refractivity contribution in [1.82, 2.24) is 9.97 Å². The molecule has 3 heteroatoms. The minimum Gasteiger partial charge on any atom is -0.304 e. The quantitative estimate of drug-likeness (QED) is 0.166. The van der Waals surface area contributed by atoms with E-state index in [1.807, 2.05) is 24.5 Å². The van der Waals surface area contributed by atoms with E-state index < -0.39 is 5.41 Å². The van der Waals surface area contributed by atoms with Gasteiger partial charge in [-0.3, -0.25) is 0 Å². The van der Waals surface area contributed by atoms with Gasteiger partial charge in [0.25, 0.3) is 0 Å². The van der Waals surface area contributed by atoms with E-state index >= 15 is 0 Å². The van der Waals surface area contributed by atoms with Crippen molar-refractivity contribution in [2.24, 2.45) is 0 Å². The van der Waals surface area contributed by atoms with E-state index in [1.165, 1.54) is 33.4 Å². The molecular weight excluding hydrogens is 740 g/mol. The number of fused-ring (bicyclic) bond motifs is 3. The summed E-state index contributed by atoms with van der Waals surface area (Å²) >= 11 is 0. The smallest absolute Gasteiger partial charge is 0.304 e. The van der Waals surface area contributed by atoms with Crippen LogP contribution in [0.4, 0.5) is 0 Å². The van der Waals surface area contributed by atoms with Crippen LogP contribution in [0.15, 0.2) is 122 Å². The Morgan fingerprint density at radius 2 is 0.891 bits per heavy atom. The molecular formula is C43H38N2Pt. The number of pyridine rings is 2. The van der Waals surface area contributed by atoms with E-state index in [9.17, 15) is 0 Å². The fourth-order valence-electron chi connectivity index (χ4n) is 7.06. The summed E-state index contributed by atoms with van der Waals surface area (Å²) in [4.78, 5) is 9.81. The number of nitrogens with zero attached hydrogens (tertiary/aromatic N) is 2. The first-order chi connectivity index (χ1) is 21.6. The normalized spacial score (nSPS) is 13.4. The first-order valence-electron chi connectivity index (χ1n) is 15.8. The summed E-state index contributed by atoms with van der Waals surface area (Å²) in [6.45, 7) is 13.5. The second kappa shape index (κ2) is 11.9. The molecule has 0 aliphatic heterocycles. The minimum absolute atomic E-state index is 0. The molecule has 7 rings (SSSR count). The monoisotopic (exact) mass is 777 g/mol. The summed E-state index contributed by atoms with van der Waals surface area (Å²) in [5, 5.41) is 0. The molecule has 2 heterocycles. The zero-order valence-electron chi connectivity index (χ0n) is 27.3. The molecule has 2 nitrogen and oxygen atoms in total. The first kappa shape index (κ1) is 31.8. The van der Waals surface area contributed by atoms with Gasteiger partial charge in [-0.05, 0) is 56.6 Å². The van der Waals surface area contributed by atoms with E-state index in [0.717, 1.165) is 33.6 Å². The summed E-state index contributed by atoms with van der Waals surface area (Å²) in [6.07, 6.45) is 3.77. The second-order valence-electron chi connectivity index (χ2n) is 14.1. The Morgan fingerprint density at radius 1 is 0.478 bits per heavy atom. The second-order valence-corrected chi connectivity index (χ2v) is 14.1. The van der Waals surface area contributed by atoms with Crippen molar-refractivity contribution in [1.29, 1.82) is 0 Å². The maximum atomic E-state index is 4.91. The van der Waals surface area contributed by atoms with Gasteiger partial charge in [0.1, 0.15) is 0 Å². The average Bonchev–Trinajstić information content (AvgIpc) is 3.35. The van der Waals surface area contributed by atoms with Crippen LogP contribution in [0.1, 0.15) is 74.9 Å². The number of benzene rings is 4. The third-order valence-electron chi connectivity index (χ3n) is 9.09. The van der Waals surface area contributed by atoms with E-state index in [-0.39, 0.29) is 31.9 Å². The van der Waals surface area contributed by atoms with Crippen LogP contribution in [0.5, 0.6) is 0 Å². The van der Waals surface area contributed by atoms with Crippen LogP contribution in [0.25, 0.3) is 33.6 Å². The average molecular weight is 778 g/mol. The Balaban J connectivity index is 0.00000372. The molecule has 0 saturated heterocycles. The molecule has 0 radical (unpaired) electrons. The molecule has 1 aliphatic carbocycles. The predicted molar refractivity (Wildman–Crippen MR) is 185 cm³/mol. The molecule has 6 aromatic rings. The van der Waals surface area contributed by atoms with Crippen molar-refractivity contribution in [2.75, 3.05) is 0 Å². The van der Waals surface area contributed by atoms with Gasteiger partial charge in [-0.25, -0.2) is 0 Å². The van der Waals surface area contributed by atoms with E-state index in [4.69, 9.17) is 9.97 Å². The zero-order valence-corrected chi connectivity index (χ0v) is 29.5. The van der Waals surface area contributed by atoms with Crippen LogP contribution in [-0.4, -0.2) is 9.97 Å². The van der Waals surface area contributed by atoms with Crippen molar-refractivity contribution >= 4 is 0 Å². The zero-order chi connectivity index (χ0) is 31.4. The fraction of sp³-hybridized carbons (Fsp3) is 0.209.